The van der Waals surface area contributed by atoms with Gasteiger partial charge in [-0.1, -0.05) is 61.7 Å². The summed E-state index contributed by atoms with van der Waals surface area (Å²) in [5, 5.41) is 32.9. The van der Waals surface area contributed by atoms with Gasteiger partial charge in [0.2, 0.25) is 11.6 Å². The number of aromatic nitrogens is 1. The molecule has 15 nitrogen and oxygen atoms in total. The lowest BCUT2D eigenvalue weighted by atomic mass is 9.93. The fourth-order valence-electron chi connectivity index (χ4n) is 7.08. The molecule has 0 aliphatic heterocycles. The summed E-state index contributed by atoms with van der Waals surface area (Å²) in [7, 11) is 0. The van der Waals surface area contributed by atoms with Crippen LogP contribution >= 0.6 is 0 Å². The highest BCUT2D eigenvalue weighted by molar-refractivity contribution is 6.47. The summed E-state index contributed by atoms with van der Waals surface area (Å²) >= 11 is 0. The van der Waals surface area contributed by atoms with E-state index >= 15 is 0 Å². The zero-order valence-corrected chi connectivity index (χ0v) is 27.6. The van der Waals surface area contributed by atoms with E-state index < -0.39 is 44.7 Å². The van der Waals surface area contributed by atoms with Crippen LogP contribution in [0.15, 0.2) is 34.6 Å². The molecule has 0 spiro atoms. The number of carbonyl (C=O) groups excluding carboxylic acids is 4. The summed E-state index contributed by atoms with van der Waals surface area (Å²) in [6.45, 7) is 4.03. The molecule has 2 saturated carbocycles. The zero-order chi connectivity index (χ0) is 35.4. The fraction of sp³-hybridized carbons (Fsp3) is 0.471. The van der Waals surface area contributed by atoms with Crippen LogP contribution < -0.4 is 0 Å². The van der Waals surface area contributed by atoms with Gasteiger partial charge >= 0.3 is 11.9 Å². The predicted molar refractivity (Wildman–Crippen MR) is 179 cm³/mol. The molecule has 1 aromatic heterocycles. The molecule has 1 heterocycles. The maximum Gasteiger partial charge on any atom is 0.331 e. The van der Waals surface area contributed by atoms with Crippen molar-refractivity contribution in [1.29, 1.82) is 0 Å². The molecule has 0 atom stereocenters. The second kappa shape index (κ2) is 14.8. The van der Waals surface area contributed by atoms with Gasteiger partial charge in [0, 0.05) is 54.4 Å². The van der Waals surface area contributed by atoms with Crippen molar-refractivity contribution in [2.24, 2.45) is 22.1 Å². The number of nitrogens with zero attached hydrogens (tertiary/aromatic N) is 5. The molecule has 2 fully saturated rings. The Kier molecular flexibility index (Phi) is 10.6. The summed E-state index contributed by atoms with van der Waals surface area (Å²) in [4.78, 5) is 84.4. The van der Waals surface area contributed by atoms with Gasteiger partial charge < -0.3 is 14.2 Å². The summed E-state index contributed by atoms with van der Waals surface area (Å²) in [5.41, 5.74) is -1.31. The number of oxime groups is 2. The van der Waals surface area contributed by atoms with Gasteiger partial charge in [-0.3, -0.25) is 29.8 Å². The number of hydrogen-bond donors (Lipinski definition) is 0. The average Bonchev–Trinajstić information content (AvgIpc) is 3.84. The fourth-order valence-corrected chi connectivity index (χ4v) is 7.08. The van der Waals surface area contributed by atoms with E-state index in [1.807, 2.05) is 0 Å². The Labute approximate surface area is 280 Å². The van der Waals surface area contributed by atoms with Crippen LogP contribution in [0.1, 0.15) is 106 Å². The third-order valence-corrected chi connectivity index (χ3v) is 9.25. The van der Waals surface area contributed by atoms with Crippen LogP contribution in [0.25, 0.3) is 21.8 Å². The number of rotatable bonds is 13. The number of fused-ring (bicyclic) bond motifs is 3. The lowest BCUT2D eigenvalue weighted by Gasteiger charge is -2.11. The van der Waals surface area contributed by atoms with E-state index in [1.165, 1.54) is 16.7 Å². The molecule has 49 heavy (non-hydrogen) atoms. The largest absolute Gasteiger partial charge is 0.331 e. The molecule has 5 rings (SSSR count). The first-order chi connectivity index (χ1) is 23.4. The van der Waals surface area contributed by atoms with Crippen LogP contribution in [0, 0.1) is 32.1 Å². The number of nitro benzene ring substituents is 2. The van der Waals surface area contributed by atoms with E-state index in [-0.39, 0.29) is 75.6 Å². The van der Waals surface area contributed by atoms with Crippen molar-refractivity contribution in [2.75, 3.05) is 0 Å². The monoisotopic (exact) mass is 675 g/mol. The van der Waals surface area contributed by atoms with Crippen LogP contribution in [0.4, 0.5) is 11.4 Å². The van der Waals surface area contributed by atoms with Crippen LogP contribution in [0.5, 0.6) is 0 Å². The molecule has 15 heteroatoms. The van der Waals surface area contributed by atoms with E-state index in [9.17, 15) is 39.4 Å². The van der Waals surface area contributed by atoms with E-state index in [0.29, 0.717) is 0 Å². The van der Waals surface area contributed by atoms with Crippen molar-refractivity contribution in [3.05, 3.63) is 55.6 Å². The number of non-ortho nitro benzene ring substituents is 2. The molecule has 2 aliphatic carbocycles. The number of aryl methyl sites for hydroxylation is 1. The number of hydrogen-bond acceptors (Lipinski definition) is 12. The van der Waals surface area contributed by atoms with Crippen LogP contribution in [-0.4, -0.2) is 49.3 Å². The minimum atomic E-state index is -0.738. The SMILES string of the molecule is CCn1c2c([N+](=O)[O-])cc(C(=O)/C(CC3CCCC3)=N/OC(C)=O)cc2c2cc(C(=O)/C(CC3CCCC3)=N/OC(C)=O)cc([N+](=O)[O-])c21. The highest BCUT2D eigenvalue weighted by Crippen LogP contribution is 2.41. The number of benzene rings is 2. The molecule has 0 radical (unpaired) electrons. The molecule has 258 valence electrons. The van der Waals surface area contributed by atoms with Crippen LogP contribution in [-0.2, 0) is 25.8 Å². The standard InChI is InChI=1S/C34H37N5O10/c1-4-37-31-25(15-23(17-29(31)38(44)45)33(42)27(35-48-19(2)40)13-21-9-5-6-10-21)26-16-24(18-30(32(26)37)39(46)47)34(43)28(36-49-20(3)41)14-22-11-7-8-12-22/h15-18,21-22H,4-14H2,1-3H3/b35-27+,36-28+. The van der Waals surface area contributed by atoms with Gasteiger partial charge in [-0.15, -0.1) is 0 Å². The average molecular weight is 676 g/mol. The summed E-state index contributed by atoms with van der Waals surface area (Å²) in [5.74, 6) is -2.63. The highest BCUT2D eigenvalue weighted by atomic mass is 16.7. The number of ketones is 2. The lowest BCUT2D eigenvalue weighted by Crippen LogP contribution is -2.19. The Morgan fingerprint density at radius 2 is 1.08 bits per heavy atom. The first-order valence-electron chi connectivity index (χ1n) is 16.4. The normalized spacial score (nSPS) is 16.0. The zero-order valence-electron chi connectivity index (χ0n) is 27.6. The summed E-state index contributed by atoms with van der Waals surface area (Å²) < 4.78 is 1.42. The molecule has 0 saturated heterocycles. The first-order valence-corrected chi connectivity index (χ1v) is 16.4. The second-order valence-electron chi connectivity index (χ2n) is 12.7. The molecular weight excluding hydrogens is 638 g/mol. The maximum absolute atomic E-state index is 13.9. The molecule has 0 amide bonds. The Morgan fingerprint density at radius 3 is 1.39 bits per heavy atom. The van der Waals surface area contributed by atoms with Gasteiger partial charge in [0.1, 0.15) is 22.5 Å². The minimum Gasteiger partial charge on any atom is -0.330 e. The van der Waals surface area contributed by atoms with Crippen molar-refractivity contribution in [1.82, 2.24) is 4.57 Å². The molecule has 2 aromatic carbocycles. The summed E-state index contributed by atoms with van der Waals surface area (Å²) in [6, 6.07) is 4.97. The number of Topliss-reactive ketones (excluding diaryl/α,β-unsaturated/α-hetero) is 2. The molecular formula is C34H37N5O10. The predicted octanol–water partition coefficient (Wildman–Crippen LogP) is 7.00. The molecule has 0 N–H and O–H groups in total. The van der Waals surface area contributed by atoms with Gasteiger partial charge in [0.25, 0.3) is 11.4 Å². The van der Waals surface area contributed by atoms with Gasteiger partial charge in [0.05, 0.1) is 9.85 Å². The summed E-state index contributed by atoms with van der Waals surface area (Å²) in [6.07, 6.45) is 7.68. The molecule has 3 aromatic rings. The van der Waals surface area contributed by atoms with Gasteiger partial charge in [-0.25, -0.2) is 9.59 Å². The van der Waals surface area contributed by atoms with Crippen molar-refractivity contribution in [2.45, 2.75) is 91.5 Å². The van der Waals surface area contributed by atoms with Crippen molar-refractivity contribution in [3.63, 3.8) is 0 Å². The molecule has 2 aliphatic rings. The topological polar surface area (TPSA) is 203 Å². The van der Waals surface area contributed by atoms with Crippen LogP contribution in [0.2, 0.25) is 0 Å². The van der Waals surface area contributed by atoms with Crippen molar-refractivity contribution in [3.8, 4) is 0 Å². The third-order valence-electron chi connectivity index (χ3n) is 9.25. The minimum absolute atomic E-state index is 0.0285. The Hall–Kier alpha value is -5.34. The van der Waals surface area contributed by atoms with Crippen molar-refractivity contribution < 1.29 is 38.7 Å². The Balaban J connectivity index is 1.73. The van der Waals surface area contributed by atoms with Gasteiger partial charge in [-0.05, 0) is 43.7 Å². The smallest absolute Gasteiger partial charge is 0.330 e. The number of carbonyl (C=O) groups is 4. The maximum atomic E-state index is 13.9. The van der Waals surface area contributed by atoms with Gasteiger partial charge in [-0.2, -0.15) is 0 Å². The Morgan fingerprint density at radius 1 is 0.714 bits per heavy atom. The quantitative estimate of drug-likeness (QED) is 0.0597. The van der Waals surface area contributed by atoms with Crippen LogP contribution in [0.3, 0.4) is 0 Å². The van der Waals surface area contributed by atoms with Gasteiger partial charge in [0.15, 0.2) is 0 Å². The lowest BCUT2D eigenvalue weighted by molar-refractivity contribution is -0.383. The van der Waals surface area contributed by atoms with E-state index in [1.54, 1.807) is 6.92 Å². The second-order valence-corrected chi connectivity index (χ2v) is 12.7. The molecule has 0 unspecified atom stereocenters. The van der Waals surface area contributed by atoms with Crippen molar-refractivity contribution >= 4 is 68.1 Å². The first kappa shape index (κ1) is 35.0. The van der Waals surface area contributed by atoms with E-state index in [0.717, 1.165) is 77.3 Å². The highest BCUT2D eigenvalue weighted by Gasteiger charge is 2.32. The Bertz CT molecular complexity index is 1790. The third kappa shape index (κ3) is 7.55. The molecule has 0 bridgehead atoms. The van der Waals surface area contributed by atoms with E-state index in [2.05, 4.69) is 10.3 Å². The van der Waals surface area contributed by atoms with E-state index in [4.69, 9.17) is 9.68 Å². The number of nitro groups is 2.